The van der Waals surface area contributed by atoms with Gasteiger partial charge in [-0.05, 0) is 18.4 Å². The zero-order valence-corrected chi connectivity index (χ0v) is 8.90. The van der Waals surface area contributed by atoms with Crippen molar-refractivity contribution in [3.05, 3.63) is 24.0 Å². The topological polar surface area (TPSA) is 49.7 Å². The highest BCUT2D eigenvalue weighted by molar-refractivity contribution is 6.58. The van der Waals surface area contributed by atoms with Gasteiger partial charge in [0.2, 0.25) is 0 Å². The van der Waals surface area contributed by atoms with Crippen LogP contribution in [-0.4, -0.2) is 23.8 Å². The minimum atomic E-state index is -1.78. The van der Waals surface area contributed by atoms with Crippen LogP contribution in [0.4, 0.5) is 4.39 Å². The molecule has 0 aliphatic heterocycles. The van der Waals surface area contributed by atoms with E-state index in [1.807, 2.05) is 0 Å². The first kappa shape index (κ1) is 11.4. The lowest BCUT2D eigenvalue weighted by Crippen LogP contribution is -2.32. The average molecular weight is 224 g/mol. The first-order valence-corrected chi connectivity index (χ1v) is 5.45. The lowest BCUT2D eigenvalue weighted by molar-refractivity contribution is 0.301. The molecule has 0 saturated heterocycles. The SMILES string of the molecule is OB(O)c1ccc(OCCC2CC2)cc1F. The molecule has 0 amide bonds. The van der Waals surface area contributed by atoms with Crippen molar-refractivity contribution in [2.75, 3.05) is 6.61 Å². The number of hydrogen-bond acceptors (Lipinski definition) is 3. The van der Waals surface area contributed by atoms with E-state index in [0.717, 1.165) is 12.3 Å². The summed E-state index contributed by atoms with van der Waals surface area (Å²) in [6.07, 6.45) is 3.55. The predicted octanol–water partition coefficient (Wildman–Crippen LogP) is 0.684. The molecule has 1 aliphatic rings. The van der Waals surface area contributed by atoms with E-state index < -0.39 is 12.9 Å². The average Bonchev–Trinajstić information content (AvgIpc) is 3.01. The lowest BCUT2D eigenvalue weighted by atomic mass is 9.80. The second kappa shape index (κ2) is 4.85. The van der Waals surface area contributed by atoms with Crippen molar-refractivity contribution in [1.82, 2.24) is 0 Å². The van der Waals surface area contributed by atoms with E-state index in [1.54, 1.807) is 6.07 Å². The number of ether oxygens (including phenoxy) is 1. The maximum absolute atomic E-state index is 13.3. The maximum atomic E-state index is 13.3. The molecular formula is C11H14BFO3. The standard InChI is InChI=1S/C11H14BFO3/c13-11-7-9(3-4-10(11)12(14)15)16-6-5-8-1-2-8/h3-4,7-8,14-15H,1-2,5-6H2. The monoisotopic (exact) mass is 224 g/mol. The molecule has 1 fully saturated rings. The summed E-state index contributed by atoms with van der Waals surface area (Å²) in [5.74, 6) is 0.560. The van der Waals surface area contributed by atoms with Gasteiger partial charge in [-0.15, -0.1) is 0 Å². The molecule has 2 N–H and O–H groups in total. The van der Waals surface area contributed by atoms with Crippen LogP contribution < -0.4 is 10.2 Å². The van der Waals surface area contributed by atoms with Gasteiger partial charge in [0.1, 0.15) is 11.6 Å². The summed E-state index contributed by atoms with van der Waals surface area (Å²) >= 11 is 0. The Balaban J connectivity index is 1.91. The Morgan fingerprint density at radius 2 is 2.12 bits per heavy atom. The van der Waals surface area contributed by atoms with Crippen LogP contribution in [0, 0.1) is 11.7 Å². The molecule has 0 unspecified atom stereocenters. The third kappa shape index (κ3) is 2.96. The molecule has 0 atom stereocenters. The lowest BCUT2D eigenvalue weighted by Gasteiger charge is -2.07. The minimum Gasteiger partial charge on any atom is -0.493 e. The predicted molar refractivity (Wildman–Crippen MR) is 59.1 cm³/mol. The molecule has 0 heterocycles. The molecule has 3 nitrogen and oxygen atoms in total. The number of benzene rings is 1. The summed E-state index contributed by atoms with van der Waals surface area (Å²) in [5, 5.41) is 17.7. The van der Waals surface area contributed by atoms with Crippen LogP contribution in [0.3, 0.4) is 0 Å². The fraction of sp³-hybridized carbons (Fsp3) is 0.455. The first-order chi connectivity index (χ1) is 7.66. The van der Waals surface area contributed by atoms with Gasteiger partial charge < -0.3 is 14.8 Å². The van der Waals surface area contributed by atoms with Crippen molar-refractivity contribution in [3.63, 3.8) is 0 Å². The molecule has 0 bridgehead atoms. The van der Waals surface area contributed by atoms with E-state index in [1.165, 1.54) is 25.0 Å². The Morgan fingerprint density at radius 1 is 1.38 bits per heavy atom. The van der Waals surface area contributed by atoms with Crippen molar-refractivity contribution in [3.8, 4) is 5.75 Å². The highest BCUT2D eigenvalue weighted by atomic mass is 19.1. The Kier molecular flexibility index (Phi) is 3.46. The highest BCUT2D eigenvalue weighted by Gasteiger charge is 2.21. The summed E-state index contributed by atoms with van der Waals surface area (Å²) in [6.45, 7) is 0.588. The van der Waals surface area contributed by atoms with E-state index >= 15 is 0 Å². The summed E-state index contributed by atoms with van der Waals surface area (Å²) in [4.78, 5) is 0. The molecule has 5 heteroatoms. The van der Waals surface area contributed by atoms with Crippen LogP contribution in [0.1, 0.15) is 19.3 Å². The van der Waals surface area contributed by atoms with Crippen LogP contribution in [0.2, 0.25) is 0 Å². The molecule has 1 aromatic rings. The summed E-state index contributed by atoms with van der Waals surface area (Å²) in [7, 11) is -1.78. The molecule has 1 aliphatic carbocycles. The molecule has 2 rings (SSSR count). The Morgan fingerprint density at radius 3 is 2.69 bits per heavy atom. The number of halogens is 1. The fourth-order valence-electron chi connectivity index (χ4n) is 1.56. The Labute approximate surface area is 94.0 Å². The summed E-state index contributed by atoms with van der Waals surface area (Å²) in [6, 6.07) is 4.05. The van der Waals surface area contributed by atoms with E-state index in [4.69, 9.17) is 14.8 Å². The van der Waals surface area contributed by atoms with Gasteiger partial charge in [0.25, 0.3) is 0 Å². The van der Waals surface area contributed by atoms with E-state index in [9.17, 15) is 4.39 Å². The quantitative estimate of drug-likeness (QED) is 0.723. The second-order valence-electron chi connectivity index (χ2n) is 4.14. The fourth-order valence-corrected chi connectivity index (χ4v) is 1.56. The van der Waals surface area contributed by atoms with E-state index in [0.29, 0.717) is 12.4 Å². The van der Waals surface area contributed by atoms with Crippen molar-refractivity contribution >= 4 is 12.6 Å². The molecule has 16 heavy (non-hydrogen) atoms. The molecule has 86 valence electrons. The summed E-state index contributed by atoms with van der Waals surface area (Å²) in [5.41, 5.74) is -0.130. The van der Waals surface area contributed by atoms with Gasteiger partial charge in [0, 0.05) is 11.5 Å². The van der Waals surface area contributed by atoms with Gasteiger partial charge in [-0.1, -0.05) is 18.9 Å². The molecule has 0 spiro atoms. The molecule has 0 radical (unpaired) electrons. The minimum absolute atomic E-state index is 0.130. The zero-order valence-electron chi connectivity index (χ0n) is 8.90. The third-order valence-electron chi connectivity index (χ3n) is 2.74. The Hall–Kier alpha value is -1.07. The number of hydrogen-bond donors (Lipinski definition) is 2. The molecular weight excluding hydrogens is 210 g/mol. The van der Waals surface area contributed by atoms with Gasteiger partial charge in [-0.3, -0.25) is 0 Å². The zero-order chi connectivity index (χ0) is 11.5. The molecule has 1 saturated carbocycles. The van der Waals surface area contributed by atoms with Crippen LogP contribution in [-0.2, 0) is 0 Å². The van der Waals surface area contributed by atoms with Crippen LogP contribution in [0.25, 0.3) is 0 Å². The first-order valence-electron chi connectivity index (χ1n) is 5.45. The normalized spacial score (nSPS) is 14.9. The second-order valence-corrected chi connectivity index (χ2v) is 4.14. The number of rotatable bonds is 5. The summed E-state index contributed by atoms with van der Waals surface area (Å²) < 4.78 is 18.7. The third-order valence-corrected chi connectivity index (χ3v) is 2.74. The van der Waals surface area contributed by atoms with Crippen molar-refractivity contribution < 1.29 is 19.2 Å². The van der Waals surface area contributed by atoms with E-state index in [-0.39, 0.29) is 5.46 Å². The van der Waals surface area contributed by atoms with E-state index in [2.05, 4.69) is 0 Å². The molecule has 0 aromatic heterocycles. The van der Waals surface area contributed by atoms with Gasteiger partial charge in [0.15, 0.2) is 0 Å². The van der Waals surface area contributed by atoms with Crippen LogP contribution in [0.5, 0.6) is 5.75 Å². The van der Waals surface area contributed by atoms with Crippen molar-refractivity contribution in [1.29, 1.82) is 0 Å². The smallest absolute Gasteiger partial charge is 0.491 e. The van der Waals surface area contributed by atoms with Gasteiger partial charge in [-0.25, -0.2) is 4.39 Å². The molecule has 1 aromatic carbocycles. The van der Waals surface area contributed by atoms with Crippen LogP contribution >= 0.6 is 0 Å². The highest BCUT2D eigenvalue weighted by Crippen LogP contribution is 2.32. The maximum Gasteiger partial charge on any atom is 0.491 e. The Bertz CT molecular complexity index is 366. The van der Waals surface area contributed by atoms with Gasteiger partial charge in [-0.2, -0.15) is 0 Å². The largest absolute Gasteiger partial charge is 0.493 e. The van der Waals surface area contributed by atoms with Crippen LogP contribution in [0.15, 0.2) is 18.2 Å². The van der Waals surface area contributed by atoms with Gasteiger partial charge in [0.05, 0.1) is 6.61 Å². The van der Waals surface area contributed by atoms with Crippen molar-refractivity contribution in [2.45, 2.75) is 19.3 Å². The van der Waals surface area contributed by atoms with Gasteiger partial charge >= 0.3 is 7.12 Å². The van der Waals surface area contributed by atoms with Crippen molar-refractivity contribution in [2.24, 2.45) is 5.92 Å².